The van der Waals surface area contributed by atoms with Gasteiger partial charge in [-0.3, -0.25) is 0 Å². The predicted molar refractivity (Wildman–Crippen MR) is 86.2 cm³/mol. The summed E-state index contributed by atoms with van der Waals surface area (Å²) in [6.45, 7) is 9.77. The predicted octanol–water partition coefficient (Wildman–Crippen LogP) is 3.53. The molecule has 2 rings (SSSR count). The molecule has 0 amide bonds. The van der Waals surface area contributed by atoms with E-state index in [0.29, 0.717) is 11.1 Å². The molecule has 0 fully saturated rings. The van der Waals surface area contributed by atoms with Gasteiger partial charge in [0.05, 0.1) is 0 Å². The van der Waals surface area contributed by atoms with Crippen LogP contribution in [0.4, 0.5) is 5.95 Å². The van der Waals surface area contributed by atoms with Crippen LogP contribution in [-0.2, 0) is 0 Å². The molecule has 0 bridgehead atoms. The largest absolute Gasteiger partial charge is 0.341 e. The first kappa shape index (κ1) is 16.0. The maximum absolute atomic E-state index is 6.01. The number of halogens is 1. The van der Waals surface area contributed by atoms with Gasteiger partial charge in [-0.25, -0.2) is 4.98 Å². The number of rotatable bonds is 5. The van der Waals surface area contributed by atoms with Gasteiger partial charge in [0.25, 0.3) is 0 Å². The van der Waals surface area contributed by atoms with Gasteiger partial charge >= 0.3 is 0 Å². The van der Waals surface area contributed by atoms with Crippen LogP contribution < -0.4 is 4.90 Å². The third kappa shape index (κ3) is 4.28. The molecule has 0 aliphatic carbocycles. The second kappa shape index (κ2) is 7.04. The minimum atomic E-state index is 0.207. The number of anilines is 1. The molecule has 21 heavy (non-hydrogen) atoms. The van der Waals surface area contributed by atoms with Crippen molar-refractivity contribution in [1.29, 1.82) is 0 Å². The van der Waals surface area contributed by atoms with Crippen LogP contribution in [0, 0.1) is 13.8 Å². The zero-order valence-corrected chi connectivity index (χ0v) is 14.2. The van der Waals surface area contributed by atoms with Crippen LogP contribution in [0.3, 0.4) is 0 Å². The number of aryl methyl sites for hydroxylation is 2. The van der Waals surface area contributed by atoms with Crippen LogP contribution in [0.25, 0.3) is 0 Å². The third-order valence-corrected chi connectivity index (χ3v) is 3.84. The normalized spacial score (nSPS) is 10.7. The van der Waals surface area contributed by atoms with Gasteiger partial charge in [-0.05, 0) is 68.8 Å². The third-order valence-electron chi connectivity index (χ3n) is 2.89. The van der Waals surface area contributed by atoms with Gasteiger partial charge in [-0.1, -0.05) is 0 Å². The molecule has 0 aliphatic heterocycles. The number of nitrogens with zero attached hydrogens (tertiary/aromatic N) is 5. The van der Waals surface area contributed by atoms with Crippen molar-refractivity contribution in [2.75, 3.05) is 18.0 Å². The minimum absolute atomic E-state index is 0.207. The number of hydrogen-bond donors (Lipinski definition) is 0. The Hall–Kier alpha value is -1.40. The highest BCUT2D eigenvalue weighted by Gasteiger charge is 2.12. The fraction of sp³-hybridized carbons (Fsp3) is 0.429. The van der Waals surface area contributed by atoms with Gasteiger partial charge in [-0.15, -0.1) is 0 Å². The fourth-order valence-corrected chi connectivity index (χ4v) is 3.05. The molecule has 5 nitrogen and oxygen atoms in total. The van der Waals surface area contributed by atoms with E-state index in [4.69, 9.17) is 11.6 Å². The molecule has 0 spiro atoms. The summed E-state index contributed by atoms with van der Waals surface area (Å²) in [4.78, 5) is 19.4. The van der Waals surface area contributed by atoms with E-state index < -0.39 is 0 Å². The Labute approximate surface area is 134 Å². The van der Waals surface area contributed by atoms with Crippen molar-refractivity contribution in [3.63, 3.8) is 0 Å². The highest BCUT2D eigenvalue weighted by atomic mass is 35.5. The number of aromatic nitrogens is 4. The van der Waals surface area contributed by atoms with E-state index in [1.54, 1.807) is 0 Å². The smallest absolute Gasteiger partial charge is 0.230 e. The standard InChI is InChI=1S/C14H18ClN5S/c1-5-20(6-2)13-17-12(15)18-14(19-13)21-11-8-9(3)7-10(4)16-11/h7-8H,5-6H2,1-4H3. The van der Waals surface area contributed by atoms with Crippen molar-refractivity contribution in [3.05, 3.63) is 28.7 Å². The highest BCUT2D eigenvalue weighted by molar-refractivity contribution is 7.99. The van der Waals surface area contributed by atoms with Crippen LogP contribution in [0.5, 0.6) is 0 Å². The van der Waals surface area contributed by atoms with E-state index >= 15 is 0 Å². The highest BCUT2D eigenvalue weighted by Crippen LogP contribution is 2.26. The molecule has 0 saturated heterocycles. The summed E-state index contributed by atoms with van der Waals surface area (Å²) in [5.41, 5.74) is 2.13. The molecular formula is C14H18ClN5S. The Balaban J connectivity index is 2.31. The first-order valence-electron chi connectivity index (χ1n) is 6.81. The molecule has 0 saturated carbocycles. The first-order chi connectivity index (χ1) is 10.0. The minimum Gasteiger partial charge on any atom is -0.341 e. The Kier molecular flexibility index (Phi) is 5.36. The van der Waals surface area contributed by atoms with E-state index in [9.17, 15) is 0 Å². The lowest BCUT2D eigenvalue weighted by molar-refractivity contribution is 0.781. The van der Waals surface area contributed by atoms with Gasteiger partial charge in [0.15, 0.2) is 5.16 Å². The summed E-state index contributed by atoms with van der Waals surface area (Å²) in [7, 11) is 0. The van der Waals surface area contributed by atoms with Gasteiger partial charge in [0, 0.05) is 18.8 Å². The number of hydrogen-bond acceptors (Lipinski definition) is 6. The van der Waals surface area contributed by atoms with Crippen LogP contribution in [-0.4, -0.2) is 33.0 Å². The molecule has 112 valence electrons. The van der Waals surface area contributed by atoms with Crippen molar-refractivity contribution in [1.82, 2.24) is 19.9 Å². The maximum atomic E-state index is 6.01. The molecule has 0 atom stereocenters. The molecule has 0 aliphatic rings. The van der Waals surface area contributed by atoms with Crippen LogP contribution in [0.15, 0.2) is 22.3 Å². The van der Waals surface area contributed by atoms with Crippen LogP contribution in [0.2, 0.25) is 5.28 Å². The van der Waals surface area contributed by atoms with E-state index in [1.165, 1.54) is 11.8 Å². The summed E-state index contributed by atoms with van der Waals surface area (Å²) < 4.78 is 0. The molecule has 0 aromatic carbocycles. The van der Waals surface area contributed by atoms with Gasteiger partial charge < -0.3 is 4.90 Å². The number of pyridine rings is 1. The molecule has 7 heteroatoms. The maximum Gasteiger partial charge on any atom is 0.230 e. The second-order valence-electron chi connectivity index (χ2n) is 4.59. The van der Waals surface area contributed by atoms with E-state index in [2.05, 4.69) is 33.8 Å². The summed E-state index contributed by atoms with van der Waals surface area (Å²) in [6.07, 6.45) is 0. The van der Waals surface area contributed by atoms with Crippen molar-refractivity contribution in [3.8, 4) is 0 Å². The molecule has 0 radical (unpaired) electrons. The molecule has 0 N–H and O–H groups in total. The summed E-state index contributed by atoms with van der Waals surface area (Å²) in [5, 5.41) is 1.63. The zero-order valence-electron chi connectivity index (χ0n) is 12.6. The summed E-state index contributed by atoms with van der Waals surface area (Å²) in [5.74, 6) is 0.604. The lowest BCUT2D eigenvalue weighted by Crippen LogP contribution is -2.24. The Morgan fingerprint density at radius 1 is 1.05 bits per heavy atom. The van der Waals surface area contributed by atoms with Crippen LogP contribution >= 0.6 is 23.4 Å². The zero-order chi connectivity index (χ0) is 15.4. The van der Waals surface area contributed by atoms with Crippen molar-refractivity contribution in [2.45, 2.75) is 37.9 Å². The van der Waals surface area contributed by atoms with Crippen molar-refractivity contribution < 1.29 is 0 Å². The second-order valence-corrected chi connectivity index (χ2v) is 5.91. The van der Waals surface area contributed by atoms with E-state index in [0.717, 1.165) is 29.4 Å². The topological polar surface area (TPSA) is 54.8 Å². The Bertz CT molecular complexity index is 611. The van der Waals surface area contributed by atoms with Gasteiger partial charge in [0.1, 0.15) is 5.03 Å². The Morgan fingerprint density at radius 2 is 1.76 bits per heavy atom. The van der Waals surface area contributed by atoms with Crippen molar-refractivity contribution >= 4 is 29.3 Å². The first-order valence-corrected chi connectivity index (χ1v) is 8.01. The monoisotopic (exact) mass is 323 g/mol. The quantitative estimate of drug-likeness (QED) is 0.839. The molecule has 2 aromatic heterocycles. The van der Waals surface area contributed by atoms with E-state index in [1.807, 2.05) is 30.9 Å². The SMILES string of the molecule is CCN(CC)c1nc(Cl)nc(Sc2cc(C)cc(C)n2)n1. The fourth-order valence-electron chi connectivity index (χ4n) is 1.97. The lowest BCUT2D eigenvalue weighted by Gasteiger charge is -2.18. The molecule has 2 heterocycles. The van der Waals surface area contributed by atoms with Gasteiger partial charge in [0.2, 0.25) is 11.2 Å². The summed E-state index contributed by atoms with van der Waals surface area (Å²) >= 11 is 7.41. The Morgan fingerprint density at radius 3 is 2.38 bits per heavy atom. The molecule has 2 aromatic rings. The van der Waals surface area contributed by atoms with Gasteiger partial charge in [-0.2, -0.15) is 15.0 Å². The van der Waals surface area contributed by atoms with Crippen molar-refractivity contribution in [2.24, 2.45) is 0 Å². The van der Waals surface area contributed by atoms with Crippen LogP contribution in [0.1, 0.15) is 25.1 Å². The average Bonchev–Trinajstić information content (AvgIpc) is 2.38. The molecule has 0 unspecified atom stereocenters. The average molecular weight is 324 g/mol. The lowest BCUT2D eigenvalue weighted by atomic mass is 10.3. The van der Waals surface area contributed by atoms with E-state index in [-0.39, 0.29) is 5.28 Å². The molecular weight excluding hydrogens is 306 g/mol. The summed E-state index contributed by atoms with van der Waals surface area (Å²) in [6, 6.07) is 4.04.